The molecule has 3 rings (SSSR count). The molecule has 104 valence electrons. The van der Waals surface area contributed by atoms with Gasteiger partial charge < -0.3 is 5.11 Å². The minimum absolute atomic E-state index is 0.410. The highest BCUT2D eigenvalue weighted by Gasteiger charge is 2.29. The van der Waals surface area contributed by atoms with Crippen molar-refractivity contribution in [1.82, 2.24) is 4.98 Å². The summed E-state index contributed by atoms with van der Waals surface area (Å²) in [7, 11) is 0. The van der Waals surface area contributed by atoms with Gasteiger partial charge in [-0.25, -0.2) is 4.79 Å². The molecule has 1 unspecified atom stereocenters. The molecular formula is C17H19NO2. The lowest BCUT2D eigenvalue weighted by atomic mass is 9.95. The van der Waals surface area contributed by atoms with Gasteiger partial charge in [0.15, 0.2) is 0 Å². The van der Waals surface area contributed by atoms with E-state index in [9.17, 15) is 9.90 Å². The molecular weight excluding hydrogens is 250 g/mol. The molecule has 1 aliphatic rings. The van der Waals surface area contributed by atoms with Crippen LogP contribution in [0.5, 0.6) is 0 Å². The van der Waals surface area contributed by atoms with Crippen molar-refractivity contribution in [3.63, 3.8) is 0 Å². The summed E-state index contributed by atoms with van der Waals surface area (Å²) in [5.41, 5.74) is 5.43. The molecule has 20 heavy (non-hydrogen) atoms. The van der Waals surface area contributed by atoms with Crippen molar-refractivity contribution in [3.8, 4) is 0 Å². The zero-order chi connectivity index (χ0) is 14.4. The Bertz CT molecular complexity index is 719. The molecule has 0 spiro atoms. The number of carboxylic acids is 1. The SMILES string of the molecule is CCC1CCc2c1nc1cc(C)cc(C)c1c2C(=O)O. The van der Waals surface area contributed by atoms with Crippen LogP contribution in [-0.4, -0.2) is 16.1 Å². The Hall–Kier alpha value is -1.90. The largest absolute Gasteiger partial charge is 0.478 e. The highest BCUT2D eigenvalue weighted by atomic mass is 16.4. The predicted octanol–water partition coefficient (Wildman–Crippen LogP) is 3.99. The molecule has 1 aromatic carbocycles. The van der Waals surface area contributed by atoms with E-state index in [4.69, 9.17) is 4.98 Å². The maximum Gasteiger partial charge on any atom is 0.336 e. The molecule has 1 heterocycles. The quantitative estimate of drug-likeness (QED) is 0.896. The van der Waals surface area contributed by atoms with Gasteiger partial charge in [-0.3, -0.25) is 4.98 Å². The fourth-order valence-electron chi connectivity index (χ4n) is 3.51. The molecule has 0 saturated heterocycles. The van der Waals surface area contributed by atoms with Crippen LogP contribution in [0.4, 0.5) is 0 Å². The molecule has 0 saturated carbocycles. The lowest BCUT2D eigenvalue weighted by Gasteiger charge is -2.14. The first-order valence-electron chi connectivity index (χ1n) is 7.20. The van der Waals surface area contributed by atoms with Crippen molar-refractivity contribution < 1.29 is 9.90 Å². The third-order valence-electron chi connectivity index (χ3n) is 4.40. The Morgan fingerprint density at radius 2 is 2.15 bits per heavy atom. The number of hydrogen-bond donors (Lipinski definition) is 1. The standard InChI is InChI=1S/C17H19NO2/c1-4-11-5-6-12-15(17(19)20)14-10(3)7-9(2)8-13(14)18-16(11)12/h7-8,11H,4-6H2,1-3H3,(H,19,20). The number of aryl methyl sites for hydroxylation is 2. The molecule has 0 amide bonds. The molecule has 1 N–H and O–H groups in total. The average molecular weight is 269 g/mol. The van der Waals surface area contributed by atoms with Gasteiger partial charge in [0.05, 0.1) is 11.1 Å². The summed E-state index contributed by atoms with van der Waals surface area (Å²) in [6.07, 6.45) is 2.88. The van der Waals surface area contributed by atoms with Gasteiger partial charge in [-0.15, -0.1) is 0 Å². The lowest BCUT2D eigenvalue weighted by molar-refractivity contribution is 0.0698. The number of rotatable bonds is 2. The maximum atomic E-state index is 11.8. The van der Waals surface area contributed by atoms with E-state index >= 15 is 0 Å². The van der Waals surface area contributed by atoms with Gasteiger partial charge in [0.25, 0.3) is 0 Å². The van der Waals surface area contributed by atoms with Crippen molar-refractivity contribution >= 4 is 16.9 Å². The molecule has 3 heteroatoms. The van der Waals surface area contributed by atoms with Crippen LogP contribution in [0.2, 0.25) is 0 Å². The summed E-state index contributed by atoms with van der Waals surface area (Å²) in [4.78, 5) is 16.6. The van der Waals surface area contributed by atoms with E-state index in [0.717, 1.165) is 52.5 Å². The van der Waals surface area contributed by atoms with Crippen LogP contribution < -0.4 is 0 Å². The Morgan fingerprint density at radius 1 is 1.40 bits per heavy atom. The van der Waals surface area contributed by atoms with Gasteiger partial charge >= 0.3 is 5.97 Å². The number of pyridine rings is 1. The van der Waals surface area contributed by atoms with Crippen molar-refractivity contribution in [2.75, 3.05) is 0 Å². The molecule has 1 atom stereocenters. The highest BCUT2D eigenvalue weighted by Crippen LogP contribution is 2.39. The van der Waals surface area contributed by atoms with E-state index in [1.54, 1.807) is 0 Å². The van der Waals surface area contributed by atoms with Gasteiger partial charge in [-0.2, -0.15) is 0 Å². The summed E-state index contributed by atoms with van der Waals surface area (Å²) in [6.45, 7) is 6.15. The number of fused-ring (bicyclic) bond motifs is 2. The van der Waals surface area contributed by atoms with Crippen LogP contribution in [0.1, 0.15) is 58.4 Å². The smallest absolute Gasteiger partial charge is 0.336 e. The van der Waals surface area contributed by atoms with Crippen molar-refractivity contribution in [1.29, 1.82) is 0 Å². The van der Waals surface area contributed by atoms with E-state index in [-0.39, 0.29) is 0 Å². The number of nitrogens with zero attached hydrogens (tertiary/aromatic N) is 1. The first-order valence-corrected chi connectivity index (χ1v) is 7.20. The zero-order valence-corrected chi connectivity index (χ0v) is 12.2. The first kappa shape index (κ1) is 13.1. The lowest BCUT2D eigenvalue weighted by Crippen LogP contribution is -2.07. The second-order valence-corrected chi connectivity index (χ2v) is 5.78. The molecule has 0 bridgehead atoms. The van der Waals surface area contributed by atoms with Gasteiger partial charge in [0, 0.05) is 17.0 Å². The van der Waals surface area contributed by atoms with Gasteiger partial charge in [-0.1, -0.05) is 13.0 Å². The van der Waals surface area contributed by atoms with E-state index in [1.165, 1.54) is 0 Å². The fraction of sp³-hybridized carbons (Fsp3) is 0.412. The molecule has 0 radical (unpaired) electrons. The average Bonchev–Trinajstić information content (AvgIpc) is 2.78. The van der Waals surface area contributed by atoms with Gasteiger partial charge in [0.1, 0.15) is 0 Å². The van der Waals surface area contributed by atoms with E-state index < -0.39 is 5.97 Å². The third kappa shape index (κ3) is 1.80. The van der Waals surface area contributed by atoms with Gasteiger partial charge in [0.2, 0.25) is 0 Å². The topological polar surface area (TPSA) is 50.2 Å². The normalized spacial score (nSPS) is 17.4. The molecule has 3 nitrogen and oxygen atoms in total. The third-order valence-corrected chi connectivity index (χ3v) is 4.40. The van der Waals surface area contributed by atoms with Crippen LogP contribution in [0, 0.1) is 13.8 Å². The molecule has 0 fully saturated rings. The predicted molar refractivity (Wildman–Crippen MR) is 79.5 cm³/mol. The van der Waals surface area contributed by atoms with Crippen LogP contribution in [-0.2, 0) is 6.42 Å². The number of aromatic carboxylic acids is 1. The molecule has 2 aromatic rings. The van der Waals surface area contributed by atoms with Crippen molar-refractivity contribution in [2.45, 2.75) is 46.0 Å². The van der Waals surface area contributed by atoms with Crippen LogP contribution in [0.3, 0.4) is 0 Å². The number of benzene rings is 1. The Kier molecular flexibility index (Phi) is 3.00. The number of hydrogen-bond acceptors (Lipinski definition) is 2. The van der Waals surface area contributed by atoms with Gasteiger partial charge in [-0.05, 0) is 55.9 Å². The molecule has 0 aliphatic heterocycles. The summed E-state index contributed by atoms with van der Waals surface area (Å²) in [5.74, 6) is -0.411. The van der Waals surface area contributed by atoms with Crippen LogP contribution in [0.15, 0.2) is 12.1 Å². The first-order chi connectivity index (χ1) is 9.52. The molecule has 1 aromatic heterocycles. The minimum Gasteiger partial charge on any atom is -0.478 e. The highest BCUT2D eigenvalue weighted by molar-refractivity contribution is 6.05. The second-order valence-electron chi connectivity index (χ2n) is 5.78. The van der Waals surface area contributed by atoms with Crippen molar-refractivity contribution in [2.24, 2.45) is 0 Å². The van der Waals surface area contributed by atoms with E-state index in [0.29, 0.717) is 11.5 Å². The summed E-state index contributed by atoms with van der Waals surface area (Å²) in [5, 5.41) is 10.5. The summed E-state index contributed by atoms with van der Waals surface area (Å²) in [6, 6.07) is 4.04. The zero-order valence-electron chi connectivity index (χ0n) is 12.2. The van der Waals surface area contributed by atoms with E-state index in [2.05, 4.69) is 6.92 Å². The fourth-order valence-corrected chi connectivity index (χ4v) is 3.51. The second kappa shape index (κ2) is 4.58. The number of aromatic nitrogens is 1. The molecule has 1 aliphatic carbocycles. The van der Waals surface area contributed by atoms with Crippen molar-refractivity contribution in [3.05, 3.63) is 40.1 Å². The van der Waals surface area contributed by atoms with Crippen LogP contribution in [0.25, 0.3) is 10.9 Å². The summed E-state index contributed by atoms with van der Waals surface area (Å²) >= 11 is 0. The maximum absolute atomic E-state index is 11.8. The summed E-state index contributed by atoms with van der Waals surface area (Å²) < 4.78 is 0. The monoisotopic (exact) mass is 269 g/mol. The number of carbonyl (C=O) groups is 1. The minimum atomic E-state index is -0.822. The van der Waals surface area contributed by atoms with E-state index in [1.807, 2.05) is 26.0 Å². The Balaban J connectivity index is 2.44. The van der Waals surface area contributed by atoms with Crippen LogP contribution >= 0.6 is 0 Å². The number of carboxylic acid groups (broad SMARTS) is 1. The Morgan fingerprint density at radius 3 is 2.80 bits per heavy atom. The Labute approximate surface area is 118 Å².